The van der Waals surface area contributed by atoms with Crippen molar-refractivity contribution in [1.82, 2.24) is 4.90 Å². The van der Waals surface area contributed by atoms with Crippen molar-refractivity contribution in [3.8, 4) is 0 Å². The summed E-state index contributed by atoms with van der Waals surface area (Å²) in [5.74, 6) is 0.538. The van der Waals surface area contributed by atoms with Crippen LogP contribution in [-0.4, -0.2) is 29.6 Å². The molecule has 0 bridgehead atoms. The summed E-state index contributed by atoms with van der Waals surface area (Å²) in [6.45, 7) is 1.76. The van der Waals surface area contributed by atoms with Gasteiger partial charge >= 0.3 is 5.97 Å². The summed E-state index contributed by atoms with van der Waals surface area (Å²) >= 11 is 0. The predicted octanol–water partition coefficient (Wildman–Crippen LogP) is 2.99. The van der Waals surface area contributed by atoms with E-state index in [1.165, 1.54) is 38.2 Å². The van der Waals surface area contributed by atoms with Crippen molar-refractivity contribution in [3.05, 3.63) is 23.7 Å². The van der Waals surface area contributed by atoms with Gasteiger partial charge in [-0.2, -0.15) is 0 Å². The van der Waals surface area contributed by atoms with Gasteiger partial charge in [-0.15, -0.1) is 0 Å². The quantitative estimate of drug-likeness (QED) is 0.874. The van der Waals surface area contributed by atoms with Crippen LogP contribution < -0.4 is 0 Å². The fraction of sp³-hybridized carbons (Fsp3) is 0.643. The number of carboxylic acids is 1. The fourth-order valence-corrected chi connectivity index (χ4v) is 2.72. The van der Waals surface area contributed by atoms with Crippen molar-refractivity contribution in [2.24, 2.45) is 5.92 Å². The Bertz CT molecular complexity index is 393. The van der Waals surface area contributed by atoms with Gasteiger partial charge in [-0.3, -0.25) is 4.90 Å². The van der Waals surface area contributed by atoms with Gasteiger partial charge in [-0.25, -0.2) is 4.79 Å². The molecule has 0 aromatic carbocycles. The molecule has 1 aromatic heterocycles. The van der Waals surface area contributed by atoms with Gasteiger partial charge in [0.2, 0.25) is 5.76 Å². The minimum Gasteiger partial charge on any atom is -0.475 e. The van der Waals surface area contributed by atoms with E-state index in [0.29, 0.717) is 6.54 Å². The molecule has 0 saturated heterocycles. The maximum absolute atomic E-state index is 10.7. The normalized spacial score (nSPS) is 17.2. The summed E-state index contributed by atoms with van der Waals surface area (Å²) in [6, 6.07) is 3.27. The molecule has 0 amide bonds. The first-order valence-electron chi connectivity index (χ1n) is 6.65. The lowest BCUT2D eigenvalue weighted by atomic mass is 9.89. The van der Waals surface area contributed by atoms with Gasteiger partial charge in [0.05, 0.1) is 6.54 Å². The topological polar surface area (TPSA) is 53.7 Å². The van der Waals surface area contributed by atoms with Gasteiger partial charge < -0.3 is 9.52 Å². The van der Waals surface area contributed by atoms with Gasteiger partial charge in [0.15, 0.2) is 0 Å². The van der Waals surface area contributed by atoms with Gasteiger partial charge in [0.1, 0.15) is 5.76 Å². The first-order chi connectivity index (χ1) is 8.65. The maximum atomic E-state index is 10.7. The van der Waals surface area contributed by atoms with Crippen molar-refractivity contribution in [3.63, 3.8) is 0 Å². The second-order valence-corrected chi connectivity index (χ2v) is 5.27. The van der Waals surface area contributed by atoms with Crippen LogP contribution in [0.2, 0.25) is 0 Å². The number of hydrogen-bond donors (Lipinski definition) is 1. The Kier molecular flexibility index (Phi) is 4.42. The summed E-state index contributed by atoms with van der Waals surface area (Å²) < 4.78 is 5.26. The molecule has 1 heterocycles. The molecular formula is C14H21NO3. The largest absolute Gasteiger partial charge is 0.475 e. The highest BCUT2D eigenvalue weighted by Gasteiger charge is 2.16. The Morgan fingerprint density at radius 2 is 2.11 bits per heavy atom. The number of hydrogen-bond acceptors (Lipinski definition) is 3. The van der Waals surface area contributed by atoms with E-state index in [0.717, 1.165) is 18.2 Å². The van der Waals surface area contributed by atoms with Gasteiger partial charge in [-0.05, 0) is 37.9 Å². The molecule has 0 spiro atoms. The van der Waals surface area contributed by atoms with Crippen LogP contribution >= 0.6 is 0 Å². The lowest BCUT2D eigenvalue weighted by Crippen LogP contribution is -2.26. The Morgan fingerprint density at radius 1 is 1.39 bits per heavy atom. The molecule has 100 valence electrons. The zero-order valence-electron chi connectivity index (χ0n) is 10.9. The van der Waals surface area contributed by atoms with Crippen molar-refractivity contribution in [2.75, 3.05) is 13.6 Å². The second kappa shape index (κ2) is 6.05. The van der Waals surface area contributed by atoms with Crippen LogP contribution in [0, 0.1) is 5.92 Å². The number of aromatic carboxylic acids is 1. The third-order valence-corrected chi connectivity index (χ3v) is 3.59. The molecule has 4 nitrogen and oxygen atoms in total. The van der Waals surface area contributed by atoms with E-state index in [9.17, 15) is 4.79 Å². The first-order valence-corrected chi connectivity index (χ1v) is 6.65. The highest BCUT2D eigenvalue weighted by atomic mass is 16.4. The van der Waals surface area contributed by atoms with E-state index in [1.807, 2.05) is 0 Å². The minimum absolute atomic E-state index is 0.0241. The van der Waals surface area contributed by atoms with Crippen LogP contribution in [0.15, 0.2) is 16.5 Å². The molecule has 1 fully saturated rings. The van der Waals surface area contributed by atoms with E-state index in [-0.39, 0.29) is 5.76 Å². The van der Waals surface area contributed by atoms with E-state index in [2.05, 4.69) is 11.9 Å². The molecule has 0 radical (unpaired) electrons. The summed E-state index contributed by atoms with van der Waals surface area (Å²) in [7, 11) is 2.07. The monoisotopic (exact) mass is 251 g/mol. The molecule has 1 aromatic rings. The van der Waals surface area contributed by atoms with Crippen LogP contribution in [0.1, 0.15) is 48.4 Å². The highest BCUT2D eigenvalue weighted by Crippen LogP contribution is 2.24. The Labute approximate surface area is 108 Å². The van der Waals surface area contributed by atoms with E-state index < -0.39 is 5.97 Å². The van der Waals surface area contributed by atoms with E-state index in [1.54, 1.807) is 6.07 Å². The number of carboxylic acid groups (broad SMARTS) is 1. The first kappa shape index (κ1) is 13.1. The zero-order valence-corrected chi connectivity index (χ0v) is 10.9. The Morgan fingerprint density at radius 3 is 2.72 bits per heavy atom. The molecule has 1 aliphatic carbocycles. The number of nitrogens with zero attached hydrogens (tertiary/aromatic N) is 1. The third-order valence-electron chi connectivity index (χ3n) is 3.59. The minimum atomic E-state index is -1.00. The molecule has 4 heteroatoms. The summed E-state index contributed by atoms with van der Waals surface area (Å²) in [4.78, 5) is 12.9. The van der Waals surface area contributed by atoms with Crippen LogP contribution in [0.4, 0.5) is 0 Å². The highest BCUT2D eigenvalue weighted by molar-refractivity contribution is 5.84. The molecule has 1 saturated carbocycles. The van der Waals surface area contributed by atoms with Crippen molar-refractivity contribution >= 4 is 5.97 Å². The molecule has 18 heavy (non-hydrogen) atoms. The van der Waals surface area contributed by atoms with Gasteiger partial charge in [-0.1, -0.05) is 19.3 Å². The predicted molar refractivity (Wildman–Crippen MR) is 68.6 cm³/mol. The number of furan rings is 1. The molecule has 1 N–H and O–H groups in total. The molecule has 0 aliphatic heterocycles. The summed E-state index contributed by atoms with van der Waals surface area (Å²) in [5, 5.41) is 8.79. The van der Waals surface area contributed by atoms with Crippen LogP contribution in [0.25, 0.3) is 0 Å². The fourth-order valence-electron chi connectivity index (χ4n) is 2.72. The number of rotatable bonds is 5. The van der Waals surface area contributed by atoms with Crippen molar-refractivity contribution in [1.29, 1.82) is 0 Å². The maximum Gasteiger partial charge on any atom is 0.371 e. The smallest absolute Gasteiger partial charge is 0.371 e. The Balaban J connectivity index is 1.82. The standard InChI is InChI=1S/C14H21NO3/c1-15(9-11-5-3-2-4-6-11)10-12-7-8-13(18-12)14(16)17/h7-8,11H,2-6,9-10H2,1H3,(H,16,17). The molecular weight excluding hydrogens is 230 g/mol. The van der Waals surface area contributed by atoms with Crippen LogP contribution in [-0.2, 0) is 6.54 Å². The SMILES string of the molecule is CN(Cc1ccc(C(=O)O)o1)CC1CCCCC1. The van der Waals surface area contributed by atoms with Crippen LogP contribution in [0.5, 0.6) is 0 Å². The van der Waals surface area contributed by atoms with Gasteiger partial charge in [0, 0.05) is 6.54 Å². The summed E-state index contributed by atoms with van der Waals surface area (Å²) in [5.41, 5.74) is 0. The lowest BCUT2D eigenvalue weighted by Gasteiger charge is -2.26. The average molecular weight is 251 g/mol. The molecule has 0 unspecified atom stereocenters. The van der Waals surface area contributed by atoms with Gasteiger partial charge in [0.25, 0.3) is 0 Å². The Hall–Kier alpha value is -1.29. The molecule has 1 aliphatic rings. The van der Waals surface area contributed by atoms with Crippen molar-refractivity contribution in [2.45, 2.75) is 38.6 Å². The average Bonchev–Trinajstić information content (AvgIpc) is 2.78. The van der Waals surface area contributed by atoms with E-state index >= 15 is 0 Å². The van der Waals surface area contributed by atoms with Crippen LogP contribution in [0.3, 0.4) is 0 Å². The number of carbonyl (C=O) groups is 1. The van der Waals surface area contributed by atoms with Crippen molar-refractivity contribution < 1.29 is 14.3 Å². The third kappa shape index (κ3) is 3.60. The summed E-state index contributed by atoms with van der Waals surface area (Å²) in [6.07, 6.45) is 6.72. The lowest BCUT2D eigenvalue weighted by molar-refractivity contribution is 0.0658. The van der Waals surface area contributed by atoms with E-state index in [4.69, 9.17) is 9.52 Å². The zero-order chi connectivity index (χ0) is 13.0. The molecule has 0 atom stereocenters. The molecule has 2 rings (SSSR count). The second-order valence-electron chi connectivity index (χ2n) is 5.27.